The standard InChI is InChI=1S/C7H12NO2/c1-7(6(9)10)3-4-8(2)5-7/h2-5H2,1H3,(H,9,10)/t7-/m1/s1. The molecule has 1 aliphatic rings. The highest BCUT2D eigenvalue weighted by atomic mass is 16.4. The van der Waals surface area contributed by atoms with Crippen LogP contribution in [-0.4, -0.2) is 29.1 Å². The van der Waals surface area contributed by atoms with E-state index in [1.807, 2.05) is 0 Å². The largest absolute Gasteiger partial charge is 0.481 e. The summed E-state index contributed by atoms with van der Waals surface area (Å²) in [6.45, 7) is 3.13. The van der Waals surface area contributed by atoms with Gasteiger partial charge in [0.1, 0.15) is 0 Å². The zero-order valence-corrected chi connectivity index (χ0v) is 6.13. The summed E-state index contributed by atoms with van der Waals surface area (Å²) in [6, 6.07) is 0. The molecule has 0 saturated carbocycles. The Morgan fingerprint density at radius 2 is 2.40 bits per heavy atom. The van der Waals surface area contributed by atoms with Crippen molar-refractivity contribution in [3.63, 3.8) is 0 Å². The second-order valence-corrected chi connectivity index (χ2v) is 3.17. The molecule has 0 aliphatic carbocycles. The van der Waals surface area contributed by atoms with Crippen molar-refractivity contribution in [1.82, 2.24) is 4.90 Å². The highest BCUT2D eigenvalue weighted by molar-refractivity contribution is 5.74. The summed E-state index contributed by atoms with van der Waals surface area (Å²) in [7, 11) is 3.69. The lowest BCUT2D eigenvalue weighted by molar-refractivity contribution is -0.147. The smallest absolute Gasteiger partial charge is 0.310 e. The molecule has 0 bridgehead atoms. The highest BCUT2D eigenvalue weighted by Crippen LogP contribution is 2.28. The summed E-state index contributed by atoms with van der Waals surface area (Å²) in [5.74, 6) is -0.710. The maximum absolute atomic E-state index is 10.6. The van der Waals surface area contributed by atoms with Gasteiger partial charge in [-0.25, -0.2) is 0 Å². The van der Waals surface area contributed by atoms with Gasteiger partial charge in [-0.2, -0.15) is 0 Å². The van der Waals surface area contributed by atoms with Crippen LogP contribution in [0.25, 0.3) is 0 Å². The summed E-state index contributed by atoms with van der Waals surface area (Å²) in [5, 5.41) is 8.74. The first kappa shape index (κ1) is 7.54. The molecule has 0 aromatic carbocycles. The third-order valence-corrected chi connectivity index (χ3v) is 2.07. The zero-order chi connectivity index (χ0) is 7.78. The molecule has 3 nitrogen and oxygen atoms in total. The molecule has 0 aromatic heterocycles. The van der Waals surface area contributed by atoms with E-state index >= 15 is 0 Å². The first-order chi connectivity index (χ1) is 4.54. The number of carboxylic acids is 1. The van der Waals surface area contributed by atoms with Gasteiger partial charge in [-0.15, -0.1) is 0 Å². The predicted octanol–water partition coefficient (Wildman–Crippen LogP) is 0.575. The van der Waals surface area contributed by atoms with Crippen molar-refractivity contribution in [3.8, 4) is 0 Å². The molecule has 0 unspecified atom stereocenters. The molecule has 1 heterocycles. The zero-order valence-electron chi connectivity index (χ0n) is 6.13. The first-order valence-electron chi connectivity index (χ1n) is 3.33. The Hall–Kier alpha value is -0.570. The second kappa shape index (κ2) is 2.23. The number of rotatable bonds is 1. The fourth-order valence-corrected chi connectivity index (χ4v) is 1.23. The summed E-state index contributed by atoms with van der Waals surface area (Å²) in [4.78, 5) is 12.4. The molecule has 1 saturated heterocycles. The summed E-state index contributed by atoms with van der Waals surface area (Å²) in [6.07, 6.45) is 0.714. The van der Waals surface area contributed by atoms with E-state index in [1.54, 1.807) is 11.8 Å². The molecule has 57 valence electrons. The van der Waals surface area contributed by atoms with Gasteiger partial charge in [0, 0.05) is 13.6 Å². The molecule has 1 radical (unpaired) electrons. The van der Waals surface area contributed by atoms with Gasteiger partial charge >= 0.3 is 5.97 Å². The maximum atomic E-state index is 10.6. The number of carboxylic acid groups (broad SMARTS) is 1. The maximum Gasteiger partial charge on any atom is 0.310 e. The van der Waals surface area contributed by atoms with Crippen LogP contribution in [0.2, 0.25) is 0 Å². The van der Waals surface area contributed by atoms with Crippen LogP contribution in [0.4, 0.5) is 0 Å². The lowest BCUT2D eigenvalue weighted by Gasteiger charge is -2.16. The van der Waals surface area contributed by atoms with Gasteiger partial charge in [0.2, 0.25) is 0 Å². The van der Waals surface area contributed by atoms with Gasteiger partial charge in [-0.05, 0) is 19.9 Å². The average molecular weight is 142 g/mol. The van der Waals surface area contributed by atoms with Gasteiger partial charge < -0.3 is 10.0 Å². The monoisotopic (exact) mass is 142 g/mol. The fraction of sp³-hybridized carbons (Fsp3) is 0.714. The summed E-state index contributed by atoms with van der Waals surface area (Å²) < 4.78 is 0. The molecular weight excluding hydrogens is 130 g/mol. The topological polar surface area (TPSA) is 40.5 Å². The molecular formula is C7H12NO2. The van der Waals surface area contributed by atoms with E-state index in [0.29, 0.717) is 13.0 Å². The van der Waals surface area contributed by atoms with Crippen molar-refractivity contribution in [2.75, 3.05) is 13.1 Å². The van der Waals surface area contributed by atoms with E-state index < -0.39 is 11.4 Å². The van der Waals surface area contributed by atoms with Gasteiger partial charge in [0.25, 0.3) is 0 Å². The number of hydrogen-bond acceptors (Lipinski definition) is 2. The summed E-state index contributed by atoms with van der Waals surface area (Å²) >= 11 is 0. The van der Waals surface area contributed by atoms with Crippen LogP contribution in [0.15, 0.2) is 0 Å². The van der Waals surface area contributed by atoms with Crippen molar-refractivity contribution >= 4 is 5.97 Å². The van der Waals surface area contributed by atoms with E-state index in [4.69, 9.17) is 5.11 Å². The van der Waals surface area contributed by atoms with E-state index in [1.165, 1.54) is 0 Å². The lowest BCUT2D eigenvalue weighted by atomic mass is 9.90. The van der Waals surface area contributed by atoms with Crippen molar-refractivity contribution in [2.24, 2.45) is 5.41 Å². The molecule has 10 heavy (non-hydrogen) atoms. The number of aliphatic carboxylic acids is 1. The third kappa shape index (κ3) is 1.14. The minimum absolute atomic E-state index is 0.554. The molecule has 1 aliphatic heterocycles. The molecule has 0 spiro atoms. The number of carbonyl (C=O) groups is 1. The Balaban J connectivity index is 2.63. The van der Waals surface area contributed by atoms with Crippen LogP contribution in [0.5, 0.6) is 0 Å². The minimum atomic E-state index is -0.710. The molecule has 1 atom stereocenters. The van der Waals surface area contributed by atoms with Crippen molar-refractivity contribution < 1.29 is 9.90 Å². The average Bonchev–Trinajstić information content (AvgIpc) is 2.13. The Kier molecular flexibility index (Phi) is 1.68. The lowest BCUT2D eigenvalue weighted by Crippen LogP contribution is -2.29. The van der Waals surface area contributed by atoms with E-state index in [9.17, 15) is 4.79 Å². The van der Waals surface area contributed by atoms with Crippen molar-refractivity contribution in [2.45, 2.75) is 13.3 Å². The van der Waals surface area contributed by atoms with Gasteiger partial charge in [-0.3, -0.25) is 4.79 Å². The fourth-order valence-electron chi connectivity index (χ4n) is 1.23. The highest BCUT2D eigenvalue weighted by Gasteiger charge is 2.38. The van der Waals surface area contributed by atoms with Crippen LogP contribution in [0, 0.1) is 12.5 Å². The van der Waals surface area contributed by atoms with E-state index in [-0.39, 0.29) is 0 Å². The SMILES string of the molecule is [CH2]N1CC[C@@](C)(C(=O)O)C1. The summed E-state index contributed by atoms with van der Waals surface area (Å²) in [5.41, 5.74) is -0.554. The van der Waals surface area contributed by atoms with E-state index in [0.717, 1.165) is 6.54 Å². The number of nitrogens with zero attached hydrogens (tertiary/aromatic N) is 1. The quantitative estimate of drug-likeness (QED) is 0.582. The normalized spacial score (nSPS) is 34.6. The van der Waals surface area contributed by atoms with Gasteiger partial charge in [0.15, 0.2) is 0 Å². The van der Waals surface area contributed by atoms with Crippen LogP contribution in [0.1, 0.15) is 13.3 Å². The Labute approximate surface area is 60.6 Å². The Bertz CT molecular complexity index is 158. The Morgan fingerprint density at radius 1 is 1.80 bits per heavy atom. The van der Waals surface area contributed by atoms with Crippen LogP contribution in [0.3, 0.4) is 0 Å². The second-order valence-electron chi connectivity index (χ2n) is 3.17. The Morgan fingerprint density at radius 3 is 2.60 bits per heavy atom. The van der Waals surface area contributed by atoms with Crippen LogP contribution >= 0.6 is 0 Å². The van der Waals surface area contributed by atoms with Gasteiger partial charge in [-0.1, -0.05) is 0 Å². The van der Waals surface area contributed by atoms with Crippen LogP contribution < -0.4 is 0 Å². The minimum Gasteiger partial charge on any atom is -0.481 e. The molecule has 1 rings (SSSR count). The van der Waals surface area contributed by atoms with E-state index in [2.05, 4.69) is 7.05 Å². The molecule has 1 N–H and O–H groups in total. The first-order valence-corrected chi connectivity index (χ1v) is 3.33. The number of likely N-dealkylation sites (tertiary alicyclic amines) is 1. The molecule has 3 heteroatoms. The number of hydrogen-bond donors (Lipinski definition) is 1. The van der Waals surface area contributed by atoms with Crippen molar-refractivity contribution in [1.29, 1.82) is 0 Å². The van der Waals surface area contributed by atoms with Gasteiger partial charge in [0.05, 0.1) is 5.41 Å². The molecule has 1 fully saturated rings. The van der Waals surface area contributed by atoms with Crippen molar-refractivity contribution in [3.05, 3.63) is 7.05 Å². The predicted molar refractivity (Wildman–Crippen MR) is 37.3 cm³/mol. The molecule has 0 amide bonds. The third-order valence-electron chi connectivity index (χ3n) is 2.07. The molecule has 0 aromatic rings. The van der Waals surface area contributed by atoms with Crippen LogP contribution in [-0.2, 0) is 4.79 Å².